The average Bonchev–Trinajstić information content (AvgIpc) is 3.02. The van der Waals surface area contributed by atoms with Gasteiger partial charge >= 0.3 is 0 Å². The molecule has 1 aromatic rings. The number of sulfonamides is 1. The van der Waals surface area contributed by atoms with Crippen molar-refractivity contribution in [3.05, 3.63) is 24.7 Å². The lowest BCUT2D eigenvalue weighted by atomic mass is 10.2. The molecule has 0 amide bonds. The number of aryl methyl sites for hydroxylation is 1. The summed E-state index contributed by atoms with van der Waals surface area (Å²) >= 11 is 0. The number of H-pyrrole nitrogens is 1. The second kappa shape index (κ2) is 5.90. The van der Waals surface area contributed by atoms with Gasteiger partial charge in [-0.25, -0.2) is 21.8 Å². The van der Waals surface area contributed by atoms with Crippen molar-refractivity contribution in [1.29, 1.82) is 0 Å². The molecule has 2 rings (SSSR count). The van der Waals surface area contributed by atoms with Crippen LogP contribution in [-0.4, -0.2) is 55.2 Å². The molecule has 1 aliphatic rings. The summed E-state index contributed by atoms with van der Waals surface area (Å²) in [5.74, 6) is 0.449. The maximum atomic E-state index is 12.7. The van der Waals surface area contributed by atoms with E-state index < -0.39 is 25.9 Å². The van der Waals surface area contributed by atoms with Gasteiger partial charge in [-0.3, -0.25) is 0 Å². The van der Waals surface area contributed by atoms with Crippen LogP contribution >= 0.6 is 0 Å². The molecular weight excluding hydrogens is 314 g/mol. The van der Waals surface area contributed by atoms with Crippen LogP contribution in [0.3, 0.4) is 0 Å². The van der Waals surface area contributed by atoms with E-state index in [4.69, 9.17) is 0 Å². The molecule has 1 fully saturated rings. The van der Waals surface area contributed by atoms with Gasteiger partial charge < -0.3 is 4.98 Å². The fraction of sp³-hybridized carbons (Fsp3) is 0.583. The van der Waals surface area contributed by atoms with Crippen LogP contribution in [0.1, 0.15) is 19.2 Å². The third kappa shape index (κ3) is 3.35. The highest BCUT2D eigenvalue weighted by atomic mass is 32.2. The lowest BCUT2D eigenvalue weighted by Crippen LogP contribution is -2.41. The number of aromatic amines is 1. The molecule has 1 saturated heterocycles. The number of hydrogen-bond acceptors (Lipinski definition) is 5. The average molecular weight is 333 g/mol. The molecule has 0 spiro atoms. The molecule has 1 atom stereocenters. The Balaban J connectivity index is 2.34. The van der Waals surface area contributed by atoms with Crippen molar-refractivity contribution in [3.63, 3.8) is 0 Å². The van der Waals surface area contributed by atoms with Gasteiger partial charge in [0.05, 0.1) is 17.7 Å². The predicted octanol–water partition coefficient (Wildman–Crippen LogP) is 0.336. The zero-order valence-electron chi connectivity index (χ0n) is 11.8. The Labute approximate surface area is 125 Å². The second-order valence-corrected chi connectivity index (χ2v) is 9.06. The maximum absolute atomic E-state index is 12.7. The van der Waals surface area contributed by atoms with Crippen LogP contribution in [0.2, 0.25) is 0 Å². The van der Waals surface area contributed by atoms with Crippen LogP contribution in [0.5, 0.6) is 0 Å². The van der Waals surface area contributed by atoms with Crippen LogP contribution in [0.25, 0.3) is 0 Å². The summed E-state index contributed by atoms with van der Waals surface area (Å²) in [4.78, 5) is 6.75. The molecule has 2 heterocycles. The molecule has 0 radical (unpaired) electrons. The molecular formula is C12H19N3O4S2. The summed E-state index contributed by atoms with van der Waals surface area (Å²) in [7, 11) is -6.97. The second-order valence-electron chi connectivity index (χ2n) is 4.97. The normalized spacial score (nSPS) is 21.7. The molecule has 21 heavy (non-hydrogen) atoms. The van der Waals surface area contributed by atoms with E-state index >= 15 is 0 Å². The van der Waals surface area contributed by atoms with Gasteiger partial charge in [0.2, 0.25) is 0 Å². The van der Waals surface area contributed by atoms with Crippen molar-refractivity contribution in [2.45, 2.75) is 30.8 Å². The fourth-order valence-corrected chi connectivity index (χ4v) is 5.74. The number of hydrogen-bond donors (Lipinski definition) is 1. The van der Waals surface area contributed by atoms with E-state index in [9.17, 15) is 16.8 Å². The first-order chi connectivity index (χ1) is 9.80. The highest BCUT2D eigenvalue weighted by Gasteiger charge is 2.38. The van der Waals surface area contributed by atoms with Gasteiger partial charge in [-0.1, -0.05) is 13.0 Å². The Kier molecular flexibility index (Phi) is 4.54. The van der Waals surface area contributed by atoms with Crippen molar-refractivity contribution < 1.29 is 16.8 Å². The van der Waals surface area contributed by atoms with Gasteiger partial charge in [0, 0.05) is 19.0 Å². The predicted molar refractivity (Wildman–Crippen MR) is 79.1 cm³/mol. The Bertz CT molecular complexity index is 721. The molecule has 1 N–H and O–H groups in total. The lowest BCUT2D eigenvalue weighted by molar-refractivity contribution is 0.366. The number of aromatic nitrogens is 2. The van der Waals surface area contributed by atoms with E-state index in [0.29, 0.717) is 18.7 Å². The van der Waals surface area contributed by atoms with Crippen LogP contribution in [-0.2, 0) is 26.3 Å². The number of imidazole rings is 1. The van der Waals surface area contributed by atoms with Crippen molar-refractivity contribution in [3.8, 4) is 0 Å². The van der Waals surface area contributed by atoms with Gasteiger partial charge in [-0.15, -0.1) is 6.58 Å². The Hall–Kier alpha value is -1.19. The Morgan fingerprint density at radius 2 is 2.29 bits per heavy atom. The van der Waals surface area contributed by atoms with E-state index in [1.165, 1.54) is 16.6 Å². The summed E-state index contributed by atoms with van der Waals surface area (Å²) in [6, 6.07) is -0.550. The molecule has 0 aliphatic carbocycles. The van der Waals surface area contributed by atoms with Gasteiger partial charge in [0.15, 0.2) is 14.9 Å². The quantitative estimate of drug-likeness (QED) is 0.757. The number of nitrogens with one attached hydrogen (secondary N) is 1. The zero-order valence-corrected chi connectivity index (χ0v) is 13.5. The monoisotopic (exact) mass is 333 g/mol. The first-order valence-electron chi connectivity index (χ1n) is 6.67. The smallest absolute Gasteiger partial charge is 0.260 e. The first kappa shape index (κ1) is 16.2. The van der Waals surface area contributed by atoms with Crippen LogP contribution in [0, 0.1) is 0 Å². The van der Waals surface area contributed by atoms with E-state index in [-0.39, 0.29) is 23.1 Å². The van der Waals surface area contributed by atoms with E-state index in [2.05, 4.69) is 16.5 Å². The molecule has 118 valence electrons. The summed E-state index contributed by atoms with van der Waals surface area (Å²) in [6.07, 6.45) is 3.63. The molecule has 0 aromatic carbocycles. The SMILES string of the molecule is C=CCN(C1CCS(=O)(=O)C1)S(=O)(=O)c1cnc(CC)[nH]1. The molecule has 0 saturated carbocycles. The van der Waals surface area contributed by atoms with Gasteiger partial charge in [-0.2, -0.15) is 4.31 Å². The topological polar surface area (TPSA) is 100 Å². The third-order valence-electron chi connectivity index (χ3n) is 3.45. The molecule has 1 unspecified atom stereocenters. The van der Waals surface area contributed by atoms with E-state index in [1.54, 1.807) is 0 Å². The van der Waals surface area contributed by atoms with Gasteiger partial charge in [0.1, 0.15) is 5.82 Å². The molecule has 9 heteroatoms. The Morgan fingerprint density at radius 3 is 2.76 bits per heavy atom. The first-order valence-corrected chi connectivity index (χ1v) is 9.93. The van der Waals surface area contributed by atoms with Crippen LogP contribution in [0.4, 0.5) is 0 Å². The lowest BCUT2D eigenvalue weighted by Gasteiger charge is -2.25. The van der Waals surface area contributed by atoms with E-state index in [0.717, 1.165) is 0 Å². The summed E-state index contributed by atoms with van der Waals surface area (Å²) in [6.45, 7) is 5.49. The standard InChI is InChI=1S/C12H19N3O4S2/c1-3-6-15(10-5-7-20(16,17)9-10)21(18,19)12-8-13-11(4-2)14-12/h3,8,10H,1,4-7,9H2,2H3,(H,13,14). The number of nitrogens with zero attached hydrogens (tertiary/aromatic N) is 2. The number of sulfone groups is 1. The highest BCUT2D eigenvalue weighted by Crippen LogP contribution is 2.24. The van der Waals surface area contributed by atoms with Crippen molar-refractivity contribution >= 4 is 19.9 Å². The van der Waals surface area contributed by atoms with E-state index in [1.807, 2.05) is 6.92 Å². The van der Waals surface area contributed by atoms with Crippen LogP contribution < -0.4 is 0 Å². The molecule has 7 nitrogen and oxygen atoms in total. The minimum Gasteiger partial charge on any atom is -0.332 e. The highest BCUT2D eigenvalue weighted by molar-refractivity contribution is 7.92. The van der Waals surface area contributed by atoms with Gasteiger partial charge in [-0.05, 0) is 6.42 Å². The van der Waals surface area contributed by atoms with Crippen molar-refractivity contribution in [2.24, 2.45) is 0 Å². The minimum atomic E-state index is -3.81. The summed E-state index contributed by atoms with van der Waals surface area (Å²) in [5.41, 5.74) is 0. The molecule has 1 aromatic heterocycles. The third-order valence-corrected chi connectivity index (χ3v) is 7.03. The van der Waals surface area contributed by atoms with Gasteiger partial charge in [0.25, 0.3) is 10.0 Å². The van der Waals surface area contributed by atoms with Crippen molar-refractivity contribution in [2.75, 3.05) is 18.1 Å². The summed E-state index contributed by atoms with van der Waals surface area (Å²) < 4.78 is 49.7. The zero-order chi connectivity index (χ0) is 15.7. The molecule has 1 aliphatic heterocycles. The minimum absolute atomic E-state index is 0.00880. The molecule has 0 bridgehead atoms. The largest absolute Gasteiger partial charge is 0.332 e. The summed E-state index contributed by atoms with van der Waals surface area (Å²) in [5, 5.41) is -0.00880. The Morgan fingerprint density at radius 1 is 1.57 bits per heavy atom. The fourth-order valence-electron chi connectivity index (χ4n) is 2.35. The van der Waals surface area contributed by atoms with Crippen LogP contribution in [0.15, 0.2) is 23.9 Å². The van der Waals surface area contributed by atoms with Crippen molar-refractivity contribution in [1.82, 2.24) is 14.3 Å². The maximum Gasteiger partial charge on any atom is 0.260 e. The number of rotatable bonds is 6.